The number of nitrogens with one attached hydrogen (secondary N) is 1. The molecule has 0 aliphatic carbocycles. The van der Waals surface area contributed by atoms with Crippen LogP contribution in [0.5, 0.6) is 0 Å². The van der Waals surface area contributed by atoms with Crippen molar-refractivity contribution in [2.24, 2.45) is 5.92 Å². The Morgan fingerprint density at radius 3 is 2.48 bits per heavy atom. The van der Waals surface area contributed by atoms with Gasteiger partial charge in [0.25, 0.3) is 0 Å². The van der Waals surface area contributed by atoms with Crippen LogP contribution >= 0.6 is 0 Å². The molecule has 0 amide bonds. The number of carboxylic acids is 1. The number of hydrogen-bond donors (Lipinski definition) is 2. The van der Waals surface area contributed by atoms with E-state index in [1.807, 2.05) is 6.07 Å². The summed E-state index contributed by atoms with van der Waals surface area (Å²) >= 11 is 0. The maximum absolute atomic E-state index is 11.0. The topological polar surface area (TPSA) is 69.2 Å². The summed E-state index contributed by atoms with van der Waals surface area (Å²) in [6, 6.07) is 10.6. The molecular weight excluding hydrogens is 290 g/mol. The lowest BCUT2D eigenvalue weighted by molar-refractivity contribution is -0.142. The number of aliphatic carboxylic acids is 1. The second kappa shape index (κ2) is 6.44. The van der Waals surface area contributed by atoms with E-state index in [9.17, 15) is 4.79 Å². The molecule has 0 unspecified atom stereocenters. The van der Waals surface area contributed by atoms with E-state index in [0.717, 1.165) is 30.2 Å². The molecule has 0 saturated carbocycles. The molecule has 1 aliphatic rings. The third-order valence-electron chi connectivity index (χ3n) is 4.62. The van der Waals surface area contributed by atoms with Crippen molar-refractivity contribution in [1.82, 2.24) is 10.2 Å². The monoisotopic (exact) mass is 313 g/mol. The average Bonchev–Trinajstić information content (AvgIpc) is 3.05. The normalized spacial score (nSPS) is 16.0. The summed E-state index contributed by atoms with van der Waals surface area (Å²) in [4.78, 5) is 13.2. The molecule has 0 atom stereocenters. The van der Waals surface area contributed by atoms with Crippen molar-refractivity contribution in [3.63, 3.8) is 0 Å². The van der Waals surface area contributed by atoms with E-state index >= 15 is 0 Å². The number of hydrogen-bond acceptors (Lipinski definition) is 3. The maximum Gasteiger partial charge on any atom is 0.306 e. The van der Waals surface area contributed by atoms with Crippen LogP contribution in [0.3, 0.4) is 0 Å². The summed E-state index contributed by atoms with van der Waals surface area (Å²) in [5, 5.41) is 16.6. The minimum atomic E-state index is -0.683. The van der Waals surface area contributed by atoms with Gasteiger partial charge in [-0.05, 0) is 29.9 Å². The van der Waals surface area contributed by atoms with Gasteiger partial charge in [-0.2, -0.15) is 5.10 Å². The zero-order valence-electron chi connectivity index (χ0n) is 13.6. The van der Waals surface area contributed by atoms with Crippen LogP contribution in [0.25, 0.3) is 11.3 Å². The fraction of sp³-hybridized carbons (Fsp3) is 0.444. The first-order valence-corrected chi connectivity index (χ1v) is 8.18. The minimum absolute atomic E-state index is 0.215. The molecular formula is C18H23N3O2. The van der Waals surface area contributed by atoms with Gasteiger partial charge in [0.1, 0.15) is 0 Å². The Balaban J connectivity index is 1.70. The smallest absolute Gasteiger partial charge is 0.306 e. The summed E-state index contributed by atoms with van der Waals surface area (Å²) < 4.78 is 0. The quantitative estimate of drug-likeness (QED) is 0.906. The Morgan fingerprint density at radius 2 is 1.91 bits per heavy atom. The van der Waals surface area contributed by atoms with Crippen molar-refractivity contribution in [2.75, 3.05) is 18.0 Å². The second-order valence-electron chi connectivity index (χ2n) is 6.52. The van der Waals surface area contributed by atoms with E-state index in [4.69, 9.17) is 5.11 Å². The van der Waals surface area contributed by atoms with Crippen LogP contribution in [-0.2, 0) is 4.79 Å². The summed E-state index contributed by atoms with van der Waals surface area (Å²) in [6.07, 6.45) is 1.36. The molecule has 0 radical (unpaired) electrons. The average molecular weight is 313 g/mol. The maximum atomic E-state index is 11.0. The van der Waals surface area contributed by atoms with Gasteiger partial charge in [-0.1, -0.05) is 38.1 Å². The standard InChI is InChI=1S/C18H23N3O2/c1-12(2)13-3-5-14(6-4-13)16-11-17(20-19-16)21-9-7-15(8-10-21)18(22)23/h3-6,11-12,15H,7-10H2,1-2H3,(H,19,20)(H,22,23). The number of carboxylic acid groups (broad SMARTS) is 1. The summed E-state index contributed by atoms with van der Waals surface area (Å²) in [7, 11) is 0. The van der Waals surface area contributed by atoms with Crippen molar-refractivity contribution >= 4 is 11.8 Å². The molecule has 0 spiro atoms. The molecule has 0 bridgehead atoms. The van der Waals surface area contributed by atoms with E-state index in [1.165, 1.54) is 5.56 Å². The Labute approximate surface area is 136 Å². The number of rotatable bonds is 4. The van der Waals surface area contributed by atoms with Crippen LogP contribution in [0.2, 0.25) is 0 Å². The molecule has 23 heavy (non-hydrogen) atoms. The van der Waals surface area contributed by atoms with Gasteiger partial charge < -0.3 is 10.0 Å². The van der Waals surface area contributed by atoms with E-state index < -0.39 is 5.97 Å². The molecule has 5 nitrogen and oxygen atoms in total. The highest BCUT2D eigenvalue weighted by Crippen LogP contribution is 2.27. The van der Waals surface area contributed by atoms with E-state index in [1.54, 1.807) is 0 Å². The van der Waals surface area contributed by atoms with Crippen LogP contribution in [0, 0.1) is 5.92 Å². The van der Waals surface area contributed by atoms with Gasteiger partial charge in [-0.3, -0.25) is 9.89 Å². The van der Waals surface area contributed by atoms with Crippen LogP contribution in [-0.4, -0.2) is 34.4 Å². The van der Waals surface area contributed by atoms with Gasteiger partial charge in [0.05, 0.1) is 11.6 Å². The molecule has 2 heterocycles. The molecule has 3 rings (SSSR count). The van der Waals surface area contributed by atoms with Gasteiger partial charge in [0.2, 0.25) is 0 Å². The molecule has 1 aliphatic heterocycles. The first-order valence-electron chi connectivity index (χ1n) is 8.18. The van der Waals surface area contributed by atoms with Crippen LogP contribution < -0.4 is 4.90 Å². The molecule has 2 N–H and O–H groups in total. The Kier molecular flexibility index (Phi) is 4.37. The van der Waals surface area contributed by atoms with Gasteiger partial charge in [0.15, 0.2) is 5.82 Å². The highest BCUT2D eigenvalue weighted by atomic mass is 16.4. The summed E-state index contributed by atoms with van der Waals surface area (Å²) in [5.41, 5.74) is 3.44. The van der Waals surface area contributed by atoms with Crippen molar-refractivity contribution in [1.29, 1.82) is 0 Å². The third-order valence-corrected chi connectivity index (χ3v) is 4.62. The number of anilines is 1. The molecule has 2 aromatic rings. The van der Waals surface area contributed by atoms with Crippen molar-refractivity contribution < 1.29 is 9.90 Å². The Hall–Kier alpha value is -2.30. The number of aromatic nitrogens is 2. The highest BCUT2D eigenvalue weighted by Gasteiger charge is 2.25. The molecule has 1 saturated heterocycles. The largest absolute Gasteiger partial charge is 0.481 e. The lowest BCUT2D eigenvalue weighted by atomic mass is 9.97. The molecule has 1 aromatic heterocycles. The van der Waals surface area contributed by atoms with Crippen molar-refractivity contribution in [3.05, 3.63) is 35.9 Å². The first kappa shape index (κ1) is 15.6. The predicted octanol–water partition coefficient (Wildman–Crippen LogP) is 3.50. The van der Waals surface area contributed by atoms with Gasteiger partial charge >= 0.3 is 5.97 Å². The minimum Gasteiger partial charge on any atom is -0.481 e. The Bertz CT molecular complexity index is 668. The lowest BCUT2D eigenvalue weighted by Gasteiger charge is -2.29. The van der Waals surface area contributed by atoms with Crippen LogP contribution in [0.1, 0.15) is 38.2 Å². The van der Waals surface area contributed by atoms with Crippen LogP contribution in [0.4, 0.5) is 5.82 Å². The number of benzene rings is 1. The molecule has 122 valence electrons. The van der Waals surface area contributed by atoms with Gasteiger partial charge in [-0.25, -0.2) is 0 Å². The lowest BCUT2D eigenvalue weighted by Crippen LogP contribution is -2.36. The van der Waals surface area contributed by atoms with Crippen molar-refractivity contribution in [2.45, 2.75) is 32.6 Å². The SMILES string of the molecule is CC(C)c1ccc(-c2cc(N3CCC(C(=O)O)CC3)n[nH]2)cc1. The number of carbonyl (C=O) groups is 1. The van der Waals surface area contributed by atoms with Crippen molar-refractivity contribution in [3.8, 4) is 11.3 Å². The summed E-state index contributed by atoms with van der Waals surface area (Å²) in [6.45, 7) is 5.86. The van der Waals surface area contributed by atoms with Crippen LogP contribution in [0.15, 0.2) is 30.3 Å². The van der Waals surface area contributed by atoms with E-state index in [-0.39, 0.29) is 5.92 Å². The zero-order valence-corrected chi connectivity index (χ0v) is 13.6. The highest BCUT2D eigenvalue weighted by molar-refractivity contribution is 5.70. The van der Waals surface area contributed by atoms with Gasteiger partial charge in [0, 0.05) is 19.2 Å². The summed E-state index contributed by atoms with van der Waals surface area (Å²) in [5.74, 6) is 0.527. The number of nitrogens with zero attached hydrogens (tertiary/aromatic N) is 2. The van der Waals surface area contributed by atoms with Gasteiger partial charge in [-0.15, -0.1) is 0 Å². The number of aromatic amines is 1. The number of piperidine rings is 1. The second-order valence-corrected chi connectivity index (χ2v) is 6.52. The molecule has 1 aromatic carbocycles. The first-order chi connectivity index (χ1) is 11.0. The zero-order chi connectivity index (χ0) is 16.4. The number of H-pyrrole nitrogens is 1. The van der Waals surface area contributed by atoms with E-state index in [0.29, 0.717) is 18.8 Å². The Morgan fingerprint density at radius 1 is 1.26 bits per heavy atom. The predicted molar refractivity (Wildman–Crippen MR) is 90.7 cm³/mol. The van der Waals surface area contributed by atoms with E-state index in [2.05, 4.69) is 53.2 Å². The fourth-order valence-electron chi connectivity index (χ4n) is 3.02. The fourth-order valence-corrected chi connectivity index (χ4v) is 3.02. The third kappa shape index (κ3) is 3.38. The molecule has 5 heteroatoms. The molecule has 1 fully saturated rings.